The van der Waals surface area contributed by atoms with Gasteiger partial charge in [-0.3, -0.25) is 4.79 Å². The first-order valence-corrected chi connectivity index (χ1v) is 5.16. The maximum Gasteiger partial charge on any atom is 0.226 e. The number of ether oxygens (including phenoxy) is 1. The van der Waals surface area contributed by atoms with Crippen molar-refractivity contribution in [3.63, 3.8) is 0 Å². The molecule has 2 nitrogen and oxygen atoms in total. The van der Waals surface area contributed by atoms with Gasteiger partial charge < -0.3 is 4.74 Å². The fraction of sp³-hybridized carbons (Fsp3) is 0.300. The van der Waals surface area contributed by atoms with Crippen LogP contribution < -0.4 is 4.74 Å². The Labute approximate surface area is 81.3 Å². The van der Waals surface area contributed by atoms with Crippen molar-refractivity contribution in [3.8, 4) is 5.75 Å². The monoisotopic (exact) mass is 194 g/mol. The molecule has 1 unspecified atom stereocenters. The predicted molar refractivity (Wildman–Crippen MR) is 53.1 cm³/mol. The van der Waals surface area contributed by atoms with Crippen LogP contribution in [0.4, 0.5) is 0 Å². The van der Waals surface area contributed by atoms with E-state index in [0.717, 1.165) is 12.2 Å². The van der Waals surface area contributed by atoms with E-state index >= 15 is 0 Å². The molecule has 2 rings (SSSR count). The third-order valence-electron chi connectivity index (χ3n) is 1.94. The normalized spacial score (nSPS) is 20.7. The van der Waals surface area contributed by atoms with Crippen molar-refractivity contribution in [1.29, 1.82) is 0 Å². The summed E-state index contributed by atoms with van der Waals surface area (Å²) in [7, 11) is 0. The first kappa shape index (κ1) is 8.63. The van der Waals surface area contributed by atoms with Gasteiger partial charge >= 0.3 is 0 Å². The minimum Gasteiger partial charge on any atom is -0.479 e. The third-order valence-corrected chi connectivity index (χ3v) is 3.06. The zero-order chi connectivity index (χ0) is 9.26. The largest absolute Gasteiger partial charge is 0.479 e. The summed E-state index contributed by atoms with van der Waals surface area (Å²) < 4.78 is 5.59. The van der Waals surface area contributed by atoms with Crippen LogP contribution in [0.5, 0.6) is 5.75 Å². The molecule has 0 aromatic heterocycles. The Morgan fingerprint density at radius 1 is 1.46 bits per heavy atom. The zero-order valence-corrected chi connectivity index (χ0v) is 8.14. The first-order chi connectivity index (χ1) is 6.31. The number of fused-ring (bicyclic) bond motifs is 1. The Bertz CT molecular complexity index is 335. The van der Waals surface area contributed by atoms with E-state index in [1.807, 2.05) is 25.1 Å². The van der Waals surface area contributed by atoms with Crippen molar-refractivity contribution < 1.29 is 9.53 Å². The number of rotatable bonds is 1. The van der Waals surface area contributed by atoms with Crippen molar-refractivity contribution in [3.05, 3.63) is 29.8 Å². The molecule has 1 aliphatic rings. The van der Waals surface area contributed by atoms with Gasteiger partial charge in [0.1, 0.15) is 5.75 Å². The molecule has 0 fully saturated rings. The molecule has 0 spiro atoms. The number of benzene rings is 1. The second kappa shape index (κ2) is 3.42. The third kappa shape index (κ3) is 1.56. The summed E-state index contributed by atoms with van der Waals surface area (Å²) in [6, 6.07) is 7.38. The molecule has 68 valence electrons. The van der Waals surface area contributed by atoms with Gasteiger partial charge in [-0.25, -0.2) is 0 Å². The molecule has 1 aromatic rings. The average molecular weight is 194 g/mol. The molecular formula is C10H10O2S. The molecule has 1 heterocycles. The number of hydrogen-bond donors (Lipinski definition) is 0. The van der Waals surface area contributed by atoms with Gasteiger partial charge in [-0.15, -0.1) is 0 Å². The highest BCUT2D eigenvalue weighted by molar-refractivity contribution is 8.14. The molecule has 1 aromatic carbocycles. The molecular weight excluding hydrogens is 184 g/mol. The number of carbonyl (C=O) groups is 1. The number of para-hydroxylation sites is 1. The van der Waals surface area contributed by atoms with Gasteiger partial charge in [-0.05, 0) is 30.3 Å². The maximum absolute atomic E-state index is 11.5. The van der Waals surface area contributed by atoms with E-state index < -0.39 is 0 Å². The Balaban J connectivity index is 2.37. The summed E-state index contributed by atoms with van der Waals surface area (Å²) in [4.78, 5) is 11.5. The van der Waals surface area contributed by atoms with E-state index in [0.29, 0.717) is 5.56 Å². The summed E-state index contributed by atoms with van der Waals surface area (Å²) in [5, 5.41) is 0.119. The Morgan fingerprint density at radius 2 is 2.23 bits per heavy atom. The van der Waals surface area contributed by atoms with Gasteiger partial charge in [-0.2, -0.15) is 0 Å². The minimum atomic E-state index is -0.0117. The molecule has 0 saturated heterocycles. The van der Waals surface area contributed by atoms with Crippen LogP contribution in [-0.4, -0.2) is 10.6 Å². The molecule has 0 amide bonds. The topological polar surface area (TPSA) is 26.3 Å². The van der Waals surface area contributed by atoms with E-state index in [2.05, 4.69) is 0 Å². The molecule has 13 heavy (non-hydrogen) atoms. The summed E-state index contributed by atoms with van der Waals surface area (Å²) in [6.45, 7) is 2.01. The van der Waals surface area contributed by atoms with E-state index in [1.54, 1.807) is 6.07 Å². The smallest absolute Gasteiger partial charge is 0.226 e. The number of thioether (sulfide) groups is 1. The van der Waals surface area contributed by atoms with Crippen LogP contribution in [0.15, 0.2) is 24.3 Å². The lowest BCUT2D eigenvalue weighted by Crippen LogP contribution is -2.20. The second-order valence-electron chi connectivity index (χ2n) is 2.86. The molecule has 0 saturated carbocycles. The number of carbonyl (C=O) groups excluding carboxylic acids is 1. The quantitative estimate of drug-likeness (QED) is 0.687. The summed E-state index contributed by atoms with van der Waals surface area (Å²) in [5.74, 6) is 0.720. The van der Waals surface area contributed by atoms with Crippen LogP contribution in [0.25, 0.3) is 0 Å². The summed E-state index contributed by atoms with van der Waals surface area (Å²) in [5.41, 5.74) is 0.680. The summed E-state index contributed by atoms with van der Waals surface area (Å²) in [6.07, 6.45) is 0.852. The Kier molecular flexibility index (Phi) is 2.27. The van der Waals surface area contributed by atoms with Crippen molar-refractivity contribution in [2.45, 2.75) is 18.8 Å². The first-order valence-electron chi connectivity index (χ1n) is 4.28. The lowest BCUT2D eigenvalue weighted by Gasteiger charge is -2.22. The maximum atomic E-state index is 11.5. The van der Waals surface area contributed by atoms with Crippen molar-refractivity contribution >= 4 is 16.9 Å². The highest BCUT2D eigenvalue weighted by Gasteiger charge is 2.25. The minimum absolute atomic E-state index is 0.0117. The van der Waals surface area contributed by atoms with Gasteiger partial charge in [0.05, 0.1) is 5.56 Å². The molecule has 0 bridgehead atoms. The fourth-order valence-electron chi connectivity index (χ4n) is 1.25. The zero-order valence-electron chi connectivity index (χ0n) is 7.32. The molecule has 1 aliphatic heterocycles. The van der Waals surface area contributed by atoms with E-state index in [-0.39, 0.29) is 10.6 Å². The highest BCUT2D eigenvalue weighted by Crippen LogP contribution is 2.34. The van der Waals surface area contributed by atoms with Gasteiger partial charge in [0, 0.05) is 0 Å². The van der Waals surface area contributed by atoms with Gasteiger partial charge in [0.25, 0.3) is 0 Å². The second-order valence-corrected chi connectivity index (χ2v) is 3.99. The van der Waals surface area contributed by atoms with E-state index in [4.69, 9.17) is 4.74 Å². The van der Waals surface area contributed by atoms with E-state index in [1.165, 1.54) is 11.8 Å². The van der Waals surface area contributed by atoms with Gasteiger partial charge in [0.15, 0.2) is 5.44 Å². The predicted octanol–water partition coefficient (Wildman–Crippen LogP) is 2.69. The Morgan fingerprint density at radius 3 is 3.00 bits per heavy atom. The van der Waals surface area contributed by atoms with E-state index in [9.17, 15) is 4.79 Å². The molecule has 0 radical (unpaired) electrons. The lowest BCUT2D eigenvalue weighted by atomic mass is 10.2. The fourth-order valence-corrected chi connectivity index (χ4v) is 2.11. The van der Waals surface area contributed by atoms with Crippen molar-refractivity contribution in [1.82, 2.24) is 0 Å². The molecule has 0 N–H and O–H groups in total. The lowest BCUT2D eigenvalue weighted by molar-refractivity contribution is 0.107. The van der Waals surface area contributed by atoms with Crippen LogP contribution in [-0.2, 0) is 0 Å². The van der Waals surface area contributed by atoms with Crippen molar-refractivity contribution in [2.75, 3.05) is 0 Å². The van der Waals surface area contributed by atoms with Crippen LogP contribution in [0.3, 0.4) is 0 Å². The van der Waals surface area contributed by atoms with Crippen LogP contribution in [0.2, 0.25) is 0 Å². The highest BCUT2D eigenvalue weighted by atomic mass is 32.2. The molecule has 0 aliphatic carbocycles. The van der Waals surface area contributed by atoms with Crippen molar-refractivity contribution in [2.24, 2.45) is 0 Å². The van der Waals surface area contributed by atoms with Crippen LogP contribution in [0, 0.1) is 0 Å². The van der Waals surface area contributed by atoms with Crippen LogP contribution >= 0.6 is 11.8 Å². The standard InChI is InChI=1S/C10H10O2S/c1-2-9-12-8-6-4-3-5-7(8)10(11)13-9/h3-6,9H,2H2,1H3. The SMILES string of the molecule is CCC1Oc2ccccc2C(=O)S1. The Hall–Kier alpha value is -0.960. The molecule has 3 heteroatoms. The summed E-state index contributed by atoms with van der Waals surface area (Å²) >= 11 is 1.27. The number of hydrogen-bond acceptors (Lipinski definition) is 3. The van der Waals surface area contributed by atoms with Gasteiger partial charge in [-0.1, -0.05) is 19.1 Å². The van der Waals surface area contributed by atoms with Gasteiger partial charge in [0.2, 0.25) is 5.12 Å². The van der Waals surface area contributed by atoms with Crippen LogP contribution in [0.1, 0.15) is 23.7 Å². The average Bonchev–Trinajstić information content (AvgIpc) is 2.18. The molecule has 1 atom stereocenters.